The van der Waals surface area contributed by atoms with Gasteiger partial charge in [0.05, 0.1) is 0 Å². The molecule has 11 aromatic rings. The van der Waals surface area contributed by atoms with Crippen LogP contribution in [0.1, 0.15) is 0 Å². The minimum Gasteiger partial charge on any atom is -0.435 e. The molecule has 11 rings (SSSR count). The van der Waals surface area contributed by atoms with Crippen LogP contribution in [0.5, 0.6) is 0 Å². The fourth-order valence-corrected chi connectivity index (χ4v) is 8.45. The number of hydrogen-bond acceptors (Lipinski definition) is 2. The first-order chi connectivity index (χ1) is 26.3. The Balaban J connectivity index is 1.15. The molecule has 2 heteroatoms. The van der Waals surface area contributed by atoms with Crippen molar-refractivity contribution in [1.82, 2.24) is 4.98 Å². The van der Waals surface area contributed by atoms with E-state index in [0.717, 1.165) is 32.8 Å². The van der Waals surface area contributed by atoms with E-state index in [9.17, 15) is 0 Å². The number of nitrogens with zero attached hydrogens (tertiary/aromatic N) is 1. The van der Waals surface area contributed by atoms with Crippen LogP contribution in [-0.4, -0.2) is 4.98 Å². The van der Waals surface area contributed by atoms with Gasteiger partial charge in [0.25, 0.3) is 0 Å². The third-order valence-electron chi connectivity index (χ3n) is 10.8. The second kappa shape index (κ2) is 11.8. The van der Waals surface area contributed by atoms with Crippen molar-refractivity contribution in [1.29, 1.82) is 0 Å². The summed E-state index contributed by atoms with van der Waals surface area (Å²) in [5, 5.41) is 12.0. The van der Waals surface area contributed by atoms with Crippen molar-refractivity contribution in [2.75, 3.05) is 0 Å². The van der Waals surface area contributed by atoms with Crippen LogP contribution in [0, 0.1) is 0 Å². The number of hydrogen-bond donors (Lipinski definition) is 0. The number of oxazole rings is 1. The number of rotatable bonds is 4. The van der Waals surface area contributed by atoms with Crippen LogP contribution in [0.3, 0.4) is 0 Å². The van der Waals surface area contributed by atoms with E-state index in [1.54, 1.807) is 0 Å². The molecule has 0 fully saturated rings. The lowest BCUT2D eigenvalue weighted by Crippen LogP contribution is -1.92. The second-order valence-corrected chi connectivity index (χ2v) is 13.9. The van der Waals surface area contributed by atoms with E-state index in [0.29, 0.717) is 5.89 Å². The van der Waals surface area contributed by atoms with E-state index in [-0.39, 0.29) is 0 Å². The monoisotopic (exact) mass is 673 g/mol. The molecule has 0 radical (unpaired) electrons. The van der Waals surface area contributed by atoms with Gasteiger partial charge in [-0.3, -0.25) is 0 Å². The van der Waals surface area contributed by atoms with Gasteiger partial charge in [0, 0.05) is 10.9 Å². The maximum absolute atomic E-state index is 6.51. The Hall–Kier alpha value is -7.03. The van der Waals surface area contributed by atoms with Gasteiger partial charge in [-0.1, -0.05) is 152 Å². The van der Waals surface area contributed by atoms with E-state index < -0.39 is 0 Å². The highest BCUT2D eigenvalue weighted by Gasteiger charge is 2.19. The quantitative estimate of drug-likeness (QED) is 0.137. The molecule has 0 aliphatic heterocycles. The Kier molecular flexibility index (Phi) is 6.59. The highest BCUT2D eigenvalue weighted by Crippen LogP contribution is 2.46. The molecule has 10 aromatic carbocycles. The molecule has 0 saturated carbocycles. The fraction of sp³-hybridized carbons (Fsp3) is 0. The van der Waals surface area contributed by atoms with Gasteiger partial charge in [-0.05, 0) is 118 Å². The largest absolute Gasteiger partial charge is 0.435 e. The van der Waals surface area contributed by atoms with Gasteiger partial charge in [0.15, 0.2) is 5.58 Å². The summed E-state index contributed by atoms with van der Waals surface area (Å²) >= 11 is 0. The Bertz CT molecular complexity index is 3160. The van der Waals surface area contributed by atoms with Crippen molar-refractivity contribution in [2.45, 2.75) is 0 Å². The zero-order valence-electron chi connectivity index (χ0n) is 28.8. The van der Waals surface area contributed by atoms with Crippen molar-refractivity contribution >= 4 is 65.0 Å². The summed E-state index contributed by atoms with van der Waals surface area (Å²) in [5.74, 6) is 0.641. The maximum atomic E-state index is 6.51. The molecule has 0 amide bonds. The van der Waals surface area contributed by atoms with Gasteiger partial charge in [0.1, 0.15) is 5.52 Å². The highest BCUT2D eigenvalue weighted by molar-refractivity contribution is 6.24. The third-order valence-corrected chi connectivity index (χ3v) is 10.8. The predicted octanol–water partition coefficient (Wildman–Crippen LogP) is 14.3. The lowest BCUT2D eigenvalue weighted by molar-refractivity contribution is 0.623. The summed E-state index contributed by atoms with van der Waals surface area (Å²) < 4.78 is 6.51. The molecule has 0 N–H and O–H groups in total. The van der Waals surface area contributed by atoms with E-state index >= 15 is 0 Å². The number of aromatic nitrogens is 1. The Morgan fingerprint density at radius 1 is 0.340 bits per heavy atom. The van der Waals surface area contributed by atoms with E-state index in [1.165, 1.54) is 71.1 Å². The summed E-state index contributed by atoms with van der Waals surface area (Å²) in [4.78, 5) is 4.88. The minimum atomic E-state index is 0.641. The van der Waals surface area contributed by atoms with Crippen molar-refractivity contribution in [3.05, 3.63) is 188 Å². The molecule has 0 unspecified atom stereocenters. The van der Waals surface area contributed by atoms with Crippen molar-refractivity contribution in [3.8, 4) is 44.8 Å². The molecule has 0 aliphatic carbocycles. The fourth-order valence-electron chi connectivity index (χ4n) is 8.45. The average molecular weight is 674 g/mol. The van der Waals surface area contributed by atoms with E-state index in [1.807, 2.05) is 30.3 Å². The molecule has 1 heterocycles. The topological polar surface area (TPSA) is 26.0 Å². The summed E-state index contributed by atoms with van der Waals surface area (Å²) in [7, 11) is 0. The predicted molar refractivity (Wildman–Crippen MR) is 223 cm³/mol. The third kappa shape index (κ3) is 4.70. The van der Waals surface area contributed by atoms with Crippen LogP contribution in [0.2, 0.25) is 0 Å². The first-order valence-corrected chi connectivity index (χ1v) is 18.1. The summed E-state index contributed by atoms with van der Waals surface area (Å²) in [5.41, 5.74) is 10.0. The van der Waals surface area contributed by atoms with Crippen LogP contribution in [0.15, 0.2) is 192 Å². The van der Waals surface area contributed by atoms with Gasteiger partial charge in [-0.15, -0.1) is 0 Å². The standard InChI is InChI=1S/C51H31NO/c1-3-13-32(14-4-1)45-31-38(30-35-17-7-8-18-39(35)45)48-43-21-11-9-19-41(43)47(42-20-10-12-22-44(42)48)37-25-27-40-36(29-37)24-23-33-26-28-46-50(49(33)40)53-51(52-46)34-15-5-2-6-16-34/h1-31H. The molecule has 1 aromatic heterocycles. The van der Waals surface area contributed by atoms with Crippen LogP contribution in [0.4, 0.5) is 0 Å². The Morgan fingerprint density at radius 3 is 1.57 bits per heavy atom. The second-order valence-electron chi connectivity index (χ2n) is 13.9. The van der Waals surface area contributed by atoms with Gasteiger partial charge in [0.2, 0.25) is 5.89 Å². The molecule has 53 heavy (non-hydrogen) atoms. The average Bonchev–Trinajstić information content (AvgIpc) is 3.68. The number of benzene rings is 10. The zero-order chi connectivity index (χ0) is 34.9. The normalized spacial score (nSPS) is 11.8. The molecular formula is C51H31NO. The molecule has 0 bridgehead atoms. The maximum Gasteiger partial charge on any atom is 0.227 e. The smallest absolute Gasteiger partial charge is 0.227 e. The molecule has 0 aliphatic rings. The van der Waals surface area contributed by atoms with Crippen molar-refractivity contribution in [2.24, 2.45) is 0 Å². The lowest BCUT2D eigenvalue weighted by atomic mass is 9.84. The molecule has 0 atom stereocenters. The Morgan fingerprint density at radius 2 is 0.868 bits per heavy atom. The highest BCUT2D eigenvalue weighted by atomic mass is 16.3. The van der Waals surface area contributed by atoms with E-state index in [2.05, 4.69) is 158 Å². The van der Waals surface area contributed by atoms with Crippen LogP contribution in [-0.2, 0) is 0 Å². The zero-order valence-corrected chi connectivity index (χ0v) is 28.8. The van der Waals surface area contributed by atoms with Crippen LogP contribution in [0.25, 0.3) is 110 Å². The lowest BCUT2D eigenvalue weighted by Gasteiger charge is -2.19. The van der Waals surface area contributed by atoms with E-state index in [4.69, 9.17) is 9.40 Å². The van der Waals surface area contributed by atoms with Crippen LogP contribution < -0.4 is 0 Å². The van der Waals surface area contributed by atoms with Gasteiger partial charge < -0.3 is 4.42 Å². The van der Waals surface area contributed by atoms with Crippen molar-refractivity contribution < 1.29 is 4.42 Å². The van der Waals surface area contributed by atoms with Crippen molar-refractivity contribution in [3.63, 3.8) is 0 Å². The molecular weight excluding hydrogens is 643 g/mol. The summed E-state index contributed by atoms with van der Waals surface area (Å²) in [6.07, 6.45) is 0. The number of fused-ring (bicyclic) bond motifs is 8. The molecule has 0 spiro atoms. The SMILES string of the molecule is c1ccc(-c2nc3ccc4ccc5cc(-c6c7ccccc7c(-c7cc(-c8ccccc8)c8ccccc8c7)c7ccccc67)ccc5c4c3o2)cc1. The van der Waals surface area contributed by atoms with Gasteiger partial charge in [-0.2, -0.15) is 0 Å². The van der Waals surface area contributed by atoms with Gasteiger partial charge in [-0.25, -0.2) is 4.98 Å². The molecule has 0 saturated heterocycles. The van der Waals surface area contributed by atoms with Gasteiger partial charge >= 0.3 is 0 Å². The van der Waals surface area contributed by atoms with Crippen LogP contribution >= 0.6 is 0 Å². The first kappa shape index (κ1) is 29.7. The minimum absolute atomic E-state index is 0.641. The first-order valence-electron chi connectivity index (χ1n) is 18.1. The summed E-state index contributed by atoms with van der Waals surface area (Å²) in [6, 6.07) is 67.8. The molecule has 2 nitrogen and oxygen atoms in total. The summed E-state index contributed by atoms with van der Waals surface area (Å²) in [6.45, 7) is 0. The molecule has 246 valence electrons. The Labute approximate surface area is 306 Å².